The Labute approximate surface area is 397 Å². The van der Waals surface area contributed by atoms with Gasteiger partial charge in [0, 0.05) is 40.9 Å². The second-order valence-corrected chi connectivity index (χ2v) is 17.4. The quantitative estimate of drug-likeness (QED) is 0.167. The Morgan fingerprint density at radius 3 is 1.27 bits per heavy atom. The maximum Gasteiger partial charge on any atom is 0.164 e. The van der Waals surface area contributed by atoms with Crippen LogP contribution in [-0.4, -0.2) is 125 Å². The van der Waals surface area contributed by atoms with Crippen molar-refractivity contribution >= 4 is 249 Å². The minimum atomic E-state index is 0.0319. The molecule has 3 nitrogen and oxygen atoms in total. The van der Waals surface area contributed by atoms with Crippen LogP contribution >= 0.6 is 22.7 Å². The van der Waals surface area contributed by atoms with Crippen LogP contribution in [0.25, 0.3) is 96.8 Å². The van der Waals surface area contributed by atoms with Gasteiger partial charge in [-0.05, 0) is 44.5 Å². The van der Waals surface area contributed by atoms with Crippen molar-refractivity contribution in [2.24, 2.45) is 0 Å². The van der Waals surface area contributed by atoms with Crippen molar-refractivity contribution in [3.8, 4) is 56.4 Å². The molecule has 10 aromatic rings. The molecule has 64 heavy (non-hydrogen) atoms. The molecule has 0 fully saturated rings. The molecular formula is C45H13B14N3S2. The first-order valence-electron chi connectivity index (χ1n) is 19.5. The Morgan fingerprint density at radius 1 is 0.281 bits per heavy atom. The van der Waals surface area contributed by atoms with E-state index in [1.807, 2.05) is 60.7 Å². The van der Waals surface area contributed by atoms with E-state index in [1.165, 1.54) is 22.7 Å². The van der Waals surface area contributed by atoms with Crippen molar-refractivity contribution in [1.82, 2.24) is 15.0 Å². The summed E-state index contributed by atoms with van der Waals surface area (Å²) in [4.78, 5) is 15.4. The topological polar surface area (TPSA) is 38.7 Å². The van der Waals surface area contributed by atoms with Crippen molar-refractivity contribution in [1.29, 1.82) is 0 Å². The van der Waals surface area contributed by atoms with E-state index in [0.717, 1.165) is 22.3 Å². The molecular weight excluding hydrogens is 798 g/mol. The number of aromatic nitrogens is 3. The molecule has 0 bridgehead atoms. The predicted molar refractivity (Wildman–Crippen MR) is 288 cm³/mol. The van der Waals surface area contributed by atoms with E-state index in [0.29, 0.717) is 45.9 Å². The molecule has 3 aromatic heterocycles. The summed E-state index contributed by atoms with van der Waals surface area (Å²) in [7, 11) is 93.3. The van der Waals surface area contributed by atoms with Crippen LogP contribution in [0.3, 0.4) is 0 Å². The van der Waals surface area contributed by atoms with E-state index in [2.05, 4.69) is 18.2 Å². The third-order valence-electron chi connectivity index (χ3n) is 11.8. The Morgan fingerprint density at radius 2 is 0.672 bits per heavy atom. The maximum atomic E-state index is 7.18. The minimum absolute atomic E-state index is 0.0319. The van der Waals surface area contributed by atoms with Crippen molar-refractivity contribution in [3.05, 3.63) is 78.9 Å². The van der Waals surface area contributed by atoms with Gasteiger partial charge in [0.2, 0.25) is 0 Å². The molecule has 19 heteroatoms. The maximum absolute atomic E-state index is 7.18. The standard InChI is InChI=1S/C45H13B14N3S2/c46-25-21-22-27(48)31(52)34(55)38(59)42(22)64-41(21)35(56)29(50)24(25)45-61-43(18-12-5-4-11-17(18)16-10-6-9-15(13-16)14-7-2-1-3-8-14)60-44(62-45)23-19-20-26(47)30(51)33(54)37(58)40(20)63-39(19)36(57)32(53)28(23)49/h1-13H. The van der Waals surface area contributed by atoms with Gasteiger partial charge in [-0.1, -0.05) is 122 Å². The van der Waals surface area contributed by atoms with Crippen LogP contribution in [0.2, 0.25) is 0 Å². The van der Waals surface area contributed by atoms with Gasteiger partial charge in [0.15, 0.2) is 17.5 Å². The molecule has 0 aliphatic rings. The molecule has 0 unspecified atom stereocenters. The van der Waals surface area contributed by atoms with E-state index >= 15 is 0 Å². The zero-order valence-corrected chi connectivity index (χ0v) is 35.4. The van der Waals surface area contributed by atoms with Crippen molar-refractivity contribution < 1.29 is 0 Å². The Balaban J connectivity index is 1.34. The van der Waals surface area contributed by atoms with Crippen LogP contribution in [0.5, 0.6) is 0 Å². The lowest BCUT2D eigenvalue weighted by Crippen LogP contribution is -2.47. The summed E-state index contributed by atoms with van der Waals surface area (Å²) in [5.41, 5.74) is 6.77. The number of thiophene rings is 2. The molecule has 3 heterocycles. The molecule has 0 aliphatic carbocycles. The first-order chi connectivity index (χ1) is 30.6. The zero-order valence-electron chi connectivity index (χ0n) is 33.7. The highest BCUT2D eigenvalue weighted by atomic mass is 32.1. The Hall–Kier alpha value is -5.10. The van der Waals surface area contributed by atoms with E-state index in [-0.39, 0.29) is 105 Å². The van der Waals surface area contributed by atoms with Gasteiger partial charge in [-0.15, -0.1) is 50.0 Å². The highest BCUT2D eigenvalue weighted by Crippen LogP contribution is 2.38. The van der Waals surface area contributed by atoms with Crippen LogP contribution < -0.4 is 76.5 Å². The average Bonchev–Trinajstić information content (AvgIpc) is 3.92. The summed E-state index contributed by atoms with van der Waals surface area (Å²) in [6.07, 6.45) is 0. The predicted octanol–water partition coefficient (Wildman–Crippen LogP) is -3.94. The number of hydrogen-bond acceptors (Lipinski definition) is 5. The summed E-state index contributed by atoms with van der Waals surface area (Å²) < 4.78 is 2.07. The second-order valence-electron chi connectivity index (χ2n) is 15.4. The Kier molecular flexibility index (Phi) is 10.6. The van der Waals surface area contributed by atoms with Gasteiger partial charge in [0.1, 0.15) is 110 Å². The SMILES string of the molecule is [B]c1c([B])c([B])c2c(sc3c([B])c([B])c(-c4nc(-c5ccccc5-c5cccc(-c6ccccc6)c5)nc(-c5c([B])c([B])c([B])c6sc7c([B])c([B])c([B])c([B])c7c56)n4)c([B])c32)c1[B]. The van der Waals surface area contributed by atoms with Crippen LogP contribution in [0.4, 0.5) is 0 Å². The molecule has 0 N–H and O–H groups in total. The molecule has 0 saturated carbocycles. The fourth-order valence-electron chi connectivity index (χ4n) is 8.41. The van der Waals surface area contributed by atoms with Gasteiger partial charge < -0.3 is 0 Å². The van der Waals surface area contributed by atoms with Crippen LogP contribution in [0.1, 0.15) is 0 Å². The van der Waals surface area contributed by atoms with Crippen LogP contribution in [0, 0.1) is 0 Å². The van der Waals surface area contributed by atoms with Gasteiger partial charge in [0.25, 0.3) is 0 Å². The molecule has 0 spiro atoms. The van der Waals surface area contributed by atoms with E-state index < -0.39 is 0 Å². The van der Waals surface area contributed by atoms with Crippen LogP contribution in [0.15, 0.2) is 78.9 Å². The fraction of sp³-hybridized carbons (Fsp3) is 0. The largest absolute Gasteiger partial charge is 0.208 e. The lowest BCUT2D eigenvalue weighted by Gasteiger charge is -2.20. The molecule has 0 amide bonds. The summed E-state index contributed by atoms with van der Waals surface area (Å²) >= 11 is 2.47. The molecule has 0 saturated heterocycles. The molecule has 7 aromatic carbocycles. The number of hydrogen-bond donors (Lipinski definition) is 0. The number of rotatable bonds is 5. The summed E-state index contributed by atoms with van der Waals surface area (Å²) in [5, 5.41) is 1.79. The van der Waals surface area contributed by atoms with Gasteiger partial charge in [-0.3, -0.25) is 0 Å². The van der Waals surface area contributed by atoms with Gasteiger partial charge >= 0.3 is 0 Å². The van der Waals surface area contributed by atoms with Crippen molar-refractivity contribution in [2.75, 3.05) is 0 Å². The number of fused-ring (bicyclic) bond motifs is 6. The molecule has 0 atom stereocenters. The average molecular weight is 811 g/mol. The highest BCUT2D eigenvalue weighted by molar-refractivity contribution is 7.29. The fourth-order valence-corrected chi connectivity index (χ4v) is 10.9. The van der Waals surface area contributed by atoms with Gasteiger partial charge in [0.05, 0.1) is 0 Å². The van der Waals surface area contributed by atoms with Crippen LogP contribution in [-0.2, 0) is 0 Å². The van der Waals surface area contributed by atoms with Gasteiger partial charge in [-0.2, -0.15) is 0 Å². The lowest BCUT2D eigenvalue weighted by atomic mass is 9.64. The second kappa shape index (κ2) is 15.8. The molecule has 0 aliphatic heterocycles. The third kappa shape index (κ3) is 6.31. The summed E-state index contributed by atoms with van der Waals surface area (Å²) in [5.74, 6) is 0.306. The highest BCUT2D eigenvalue weighted by Gasteiger charge is 2.27. The number of benzene rings is 7. The zero-order chi connectivity index (χ0) is 45.2. The van der Waals surface area contributed by atoms with E-state index in [1.54, 1.807) is 0 Å². The van der Waals surface area contributed by atoms with Gasteiger partial charge in [-0.25, -0.2) is 15.0 Å². The smallest absolute Gasteiger partial charge is 0.164 e. The minimum Gasteiger partial charge on any atom is -0.208 e. The lowest BCUT2D eigenvalue weighted by molar-refractivity contribution is 1.08. The number of nitrogens with zero attached hydrogens (tertiary/aromatic N) is 3. The summed E-state index contributed by atoms with van der Waals surface area (Å²) in [6, 6.07) is 25.9. The molecule has 10 rings (SSSR count). The molecule has 28 radical (unpaired) electrons. The van der Waals surface area contributed by atoms with E-state index in [9.17, 15) is 0 Å². The first-order valence-corrected chi connectivity index (χ1v) is 21.1. The summed E-state index contributed by atoms with van der Waals surface area (Å²) in [6.45, 7) is 0. The van der Waals surface area contributed by atoms with E-state index in [4.69, 9.17) is 125 Å². The normalized spacial score (nSPS) is 11.7. The monoisotopic (exact) mass is 813 g/mol. The first kappa shape index (κ1) is 42.8. The van der Waals surface area contributed by atoms with Crippen molar-refractivity contribution in [2.45, 2.75) is 0 Å². The molecule has 262 valence electrons. The van der Waals surface area contributed by atoms with Crippen molar-refractivity contribution in [3.63, 3.8) is 0 Å². The Bertz CT molecular complexity index is 3680. The third-order valence-corrected chi connectivity index (χ3v) is 14.3.